The number of hydrogen-bond acceptors (Lipinski definition) is 5. The molecule has 2 N–H and O–H groups in total. The summed E-state index contributed by atoms with van der Waals surface area (Å²) in [5, 5.41) is 17.0. The lowest BCUT2D eigenvalue weighted by atomic mass is 9.82. The van der Waals surface area contributed by atoms with E-state index in [-0.39, 0.29) is 11.2 Å². The minimum Gasteiger partial charge on any atom is -0.508 e. The fraction of sp³-hybridized carbons (Fsp3) is 0.467. The van der Waals surface area contributed by atoms with E-state index in [4.69, 9.17) is 4.52 Å². The van der Waals surface area contributed by atoms with Crippen LogP contribution in [-0.2, 0) is 5.41 Å². The molecule has 1 fully saturated rings. The Morgan fingerprint density at radius 1 is 1.45 bits per heavy atom. The zero-order valence-electron chi connectivity index (χ0n) is 11.6. The first-order valence-electron chi connectivity index (χ1n) is 7.08. The first-order valence-corrected chi connectivity index (χ1v) is 7.08. The van der Waals surface area contributed by atoms with Crippen LogP contribution < -0.4 is 5.32 Å². The third-order valence-electron chi connectivity index (χ3n) is 3.96. The summed E-state index contributed by atoms with van der Waals surface area (Å²) in [7, 11) is 0. The third-order valence-corrected chi connectivity index (χ3v) is 3.96. The molecule has 2 aromatic rings. The highest BCUT2D eigenvalue weighted by Crippen LogP contribution is 2.35. The van der Waals surface area contributed by atoms with Gasteiger partial charge in [-0.25, -0.2) is 0 Å². The Hall–Kier alpha value is -1.88. The SMILES string of the molecule is CCCC1(c2nc(-c3cccc(O)c3)no2)CCNC1. The smallest absolute Gasteiger partial charge is 0.234 e. The molecule has 5 heteroatoms. The van der Waals surface area contributed by atoms with Crippen molar-refractivity contribution < 1.29 is 9.63 Å². The Morgan fingerprint density at radius 2 is 2.35 bits per heavy atom. The van der Waals surface area contributed by atoms with E-state index < -0.39 is 0 Å². The van der Waals surface area contributed by atoms with Gasteiger partial charge in [-0.2, -0.15) is 4.98 Å². The summed E-state index contributed by atoms with van der Waals surface area (Å²) in [6.45, 7) is 4.05. The Bertz CT molecular complexity index is 588. The van der Waals surface area contributed by atoms with E-state index >= 15 is 0 Å². The molecule has 106 valence electrons. The second-order valence-electron chi connectivity index (χ2n) is 5.43. The van der Waals surface area contributed by atoms with E-state index in [1.165, 1.54) is 0 Å². The van der Waals surface area contributed by atoms with Gasteiger partial charge in [0.25, 0.3) is 0 Å². The minimum absolute atomic E-state index is 0.0309. The zero-order chi connectivity index (χ0) is 14.0. The molecule has 1 aromatic heterocycles. The van der Waals surface area contributed by atoms with Crippen LogP contribution in [0.25, 0.3) is 11.4 Å². The van der Waals surface area contributed by atoms with Gasteiger partial charge in [-0.15, -0.1) is 0 Å². The fourth-order valence-corrected chi connectivity index (χ4v) is 2.93. The maximum atomic E-state index is 9.53. The van der Waals surface area contributed by atoms with E-state index in [1.807, 2.05) is 6.07 Å². The van der Waals surface area contributed by atoms with E-state index in [0.717, 1.165) is 37.9 Å². The molecule has 0 aliphatic carbocycles. The molecular formula is C15H19N3O2. The van der Waals surface area contributed by atoms with Gasteiger partial charge in [0.2, 0.25) is 11.7 Å². The third kappa shape index (κ3) is 2.29. The lowest BCUT2D eigenvalue weighted by Crippen LogP contribution is -2.29. The lowest BCUT2D eigenvalue weighted by Gasteiger charge is -2.22. The monoisotopic (exact) mass is 273 g/mol. The lowest BCUT2D eigenvalue weighted by molar-refractivity contribution is 0.277. The van der Waals surface area contributed by atoms with E-state index in [0.29, 0.717) is 11.7 Å². The fourth-order valence-electron chi connectivity index (χ4n) is 2.93. The molecule has 0 radical (unpaired) electrons. The Morgan fingerprint density at radius 3 is 3.05 bits per heavy atom. The molecule has 3 rings (SSSR count). The second kappa shape index (κ2) is 5.25. The summed E-state index contributed by atoms with van der Waals surface area (Å²) in [4.78, 5) is 4.57. The highest BCUT2D eigenvalue weighted by atomic mass is 16.5. The van der Waals surface area contributed by atoms with Crippen molar-refractivity contribution in [1.29, 1.82) is 0 Å². The van der Waals surface area contributed by atoms with E-state index in [2.05, 4.69) is 22.4 Å². The van der Waals surface area contributed by atoms with Crippen LogP contribution in [0.1, 0.15) is 32.1 Å². The largest absolute Gasteiger partial charge is 0.508 e. The van der Waals surface area contributed by atoms with Gasteiger partial charge in [-0.05, 0) is 31.5 Å². The van der Waals surface area contributed by atoms with Crippen LogP contribution in [0.4, 0.5) is 0 Å². The molecule has 0 amide bonds. The van der Waals surface area contributed by atoms with Gasteiger partial charge in [0.05, 0.1) is 5.41 Å². The second-order valence-corrected chi connectivity index (χ2v) is 5.43. The van der Waals surface area contributed by atoms with Crippen molar-refractivity contribution in [2.24, 2.45) is 0 Å². The highest BCUT2D eigenvalue weighted by Gasteiger charge is 2.40. The van der Waals surface area contributed by atoms with Crippen LogP contribution in [0, 0.1) is 0 Å². The van der Waals surface area contributed by atoms with E-state index in [1.54, 1.807) is 18.2 Å². The van der Waals surface area contributed by atoms with Gasteiger partial charge in [-0.3, -0.25) is 0 Å². The molecule has 20 heavy (non-hydrogen) atoms. The van der Waals surface area contributed by atoms with Crippen LogP contribution in [-0.4, -0.2) is 28.3 Å². The Balaban J connectivity index is 1.93. The number of phenols is 1. The first-order chi connectivity index (χ1) is 9.73. The number of aromatic hydroxyl groups is 1. The molecule has 2 heterocycles. The maximum Gasteiger partial charge on any atom is 0.234 e. The average Bonchev–Trinajstić information content (AvgIpc) is 3.08. The molecule has 1 atom stereocenters. The number of aromatic nitrogens is 2. The van der Waals surface area contributed by atoms with Crippen molar-refractivity contribution in [2.75, 3.05) is 13.1 Å². The number of rotatable bonds is 4. The molecule has 1 aliphatic heterocycles. The molecule has 1 aliphatic rings. The van der Waals surface area contributed by atoms with Crippen LogP contribution >= 0.6 is 0 Å². The van der Waals surface area contributed by atoms with Crippen LogP contribution in [0.15, 0.2) is 28.8 Å². The summed E-state index contributed by atoms with van der Waals surface area (Å²) < 4.78 is 5.52. The van der Waals surface area contributed by atoms with Crippen molar-refractivity contribution in [3.8, 4) is 17.1 Å². The van der Waals surface area contributed by atoms with Crippen molar-refractivity contribution >= 4 is 0 Å². The van der Waals surface area contributed by atoms with Gasteiger partial charge in [0.15, 0.2) is 0 Å². The summed E-state index contributed by atoms with van der Waals surface area (Å²) in [5.41, 5.74) is 0.745. The van der Waals surface area contributed by atoms with Crippen molar-refractivity contribution in [2.45, 2.75) is 31.6 Å². The van der Waals surface area contributed by atoms with Gasteiger partial charge >= 0.3 is 0 Å². The quantitative estimate of drug-likeness (QED) is 0.895. The predicted octanol–water partition coefficient (Wildman–Crippen LogP) is 2.47. The van der Waals surface area contributed by atoms with Crippen LogP contribution in [0.3, 0.4) is 0 Å². The zero-order valence-corrected chi connectivity index (χ0v) is 11.6. The number of hydrogen-bond donors (Lipinski definition) is 2. The number of phenolic OH excluding ortho intramolecular Hbond substituents is 1. The standard InChI is InChI=1S/C15H19N3O2/c1-2-6-15(7-8-16-10-15)14-17-13(18-20-14)11-4-3-5-12(19)9-11/h3-5,9,16,19H,2,6-8,10H2,1H3. The molecule has 1 aromatic carbocycles. The Labute approximate surface area is 118 Å². The van der Waals surface area contributed by atoms with E-state index in [9.17, 15) is 5.11 Å². The molecule has 1 unspecified atom stereocenters. The van der Waals surface area contributed by atoms with Gasteiger partial charge in [-0.1, -0.05) is 30.6 Å². The van der Waals surface area contributed by atoms with Crippen molar-refractivity contribution in [3.05, 3.63) is 30.2 Å². The Kier molecular flexibility index (Phi) is 3.44. The number of nitrogens with one attached hydrogen (secondary N) is 1. The van der Waals surface area contributed by atoms with Crippen LogP contribution in [0.5, 0.6) is 5.75 Å². The predicted molar refractivity (Wildman–Crippen MR) is 75.5 cm³/mol. The molecule has 5 nitrogen and oxygen atoms in total. The van der Waals surface area contributed by atoms with Gasteiger partial charge in [0, 0.05) is 12.1 Å². The van der Waals surface area contributed by atoms with Gasteiger partial charge < -0.3 is 14.9 Å². The summed E-state index contributed by atoms with van der Waals surface area (Å²) in [5.74, 6) is 1.46. The average molecular weight is 273 g/mol. The minimum atomic E-state index is -0.0309. The first kappa shape index (κ1) is 13.1. The summed E-state index contributed by atoms with van der Waals surface area (Å²) >= 11 is 0. The molecule has 0 saturated carbocycles. The van der Waals surface area contributed by atoms with Crippen molar-refractivity contribution in [3.63, 3.8) is 0 Å². The van der Waals surface area contributed by atoms with Crippen LogP contribution in [0.2, 0.25) is 0 Å². The molecule has 0 spiro atoms. The molecular weight excluding hydrogens is 254 g/mol. The number of nitrogens with zero attached hydrogens (tertiary/aromatic N) is 2. The molecule has 1 saturated heterocycles. The summed E-state index contributed by atoms with van der Waals surface area (Å²) in [6, 6.07) is 6.92. The number of benzene rings is 1. The summed E-state index contributed by atoms with van der Waals surface area (Å²) in [6.07, 6.45) is 3.16. The normalized spacial score (nSPS) is 22.2. The maximum absolute atomic E-state index is 9.53. The van der Waals surface area contributed by atoms with Gasteiger partial charge in [0.1, 0.15) is 5.75 Å². The van der Waals surface area contributed by atoms with Crippen molar-refractivity contribution in [1.82, 2.24) is 15.5 Å². The molecule has 0 bridgehead atoms. The highest BCUT2D eigenvalue weighted by molar-refractivity contribution is 5.56. The topological polar surface area (TPSA) is 71.2 Å².